The van der Waals surface area contributed by atoms with Gasteiger partial charge in [0.25, 0.3) is 0 Å². The molecule has 1 saturated carbocycles. The molecule has 1 aliphatic carbocycles. The first kappa shape index (κ1) is 16.9. The van der Waals surface area contributed by atoms with Crippen molar-refractivity contribution in [1.29, 1.82) is 0 Å². The summed E-state index contributed by atoms with van der Waals surface area (Å²) in [4.78, 5) is 24.5. The molecule has 120 valence electrons. The van der Waals surface area contributed by atoms with E-state index < -0.39 is 5.97 Å². The molecule has 1 aromatic rings. The van der Waals surface area contributed by atoms with Crippen molar-refractivity contribution >= 4 is 23.6 Å². The van der Waals surface area contributed by atoms with Gasteiger partial charge in [0.15, 0.2) is 0 Å². The molecule has 22 heavy (non-hydrogen) atoms. The second kappa shape index (κ2) is 8.22. The Morgan fingerprint density at radius 1 is 1.27 bits per heavy atom. The topological polar surface area (TPSA) is 66.4 Å². The minimum Gasteiger partial charge on any atom is -0.481 e. The van der Waals surface area contributed by atoms with Crippen molar-refractivity contribution in [2.45, 2.75) is 42.8 Å². The first-order chi connectivity index (χ1) is 10.6. The van der Waals surface area contributed by atoms with Crippen LogP contribution in [0.4, 0.5) is 0 Å². The predicted octanol–water partition coefficient (Wildman–Crippen LogP) is 3.17. The Morgan fingerprint density at radius 3 is 2.64 bits per heavy atom. The van der Waals surface area contributed by atoms with E-state index in [-0.39, 0.29) is 23.0 Å². The first-order valence-corrected chi connectivity index (χ1v) is 8.66. The van der Waals surface area contributed by atoms with Crippen molar-refractivity contribution in [3.05, 3.63) is 30.3 Å². The Hall–Kier alpha value is -1.49. The molecule has 5 heteroatoms. The number of carbonyl (C=O) groups excluding carboxylic acids is 1. The molecular formula is C17H23NO3S. The number of benzene rings is 1. The quantitative estimate of drug-likeness (QED) is 0.790. The molecule has 0 spiro atoms. The maximum Gasteiger partial charge on any atom is 0.306 e. The highest BCUT2D eigenvalue weighted by Gasteiger charge is 2.30. The molecule has 0 aromatic heterocycles. The summed E-state index contributed by atoms with van der Waals surface area (Å²) in [6.07, 6.45) is 2.79. The highest BCUT2D eigenvalue weighted by Crippen LogP contribution is 2.29. The zero-order valence-corrected chi connectivity index (χ0v) is 13.6. The van der Waals surface area contributed by atoms with Gasteiger partial charge in [-0.25, -0.2) is 0 Å². The summed E-state index contributed by atoms with van der Waals surface area (Å²) in [5.41, 5.74) is 0. The maximum atomic E-state index is 12.2. The number of thioether (sulfide) groups is 1. The van der Waals surface area contributed by atoms with Crippen molar-refractivity contribution in [3.63, 3.8) is 0 Å². The van der Waals surface area contributed by atoms with Gasteiger partial charge < -0.3 is 10.4 Å². The molecule has 1 aromatic carbocycles. The van der Waals surface area contributed by atoms with Gasteiger partial charge in [-0.1, -0.05) is 31.5 Å². The van der Waals surface area contributed by atoms with Crippen LogP contribution in [0.1, 0.15) is 32.6 Å². The van der Waals surface area contributed by atoms with Crippen LogP contribution in [0.2, 0.25) is 0 Å². The summed E-state index contributed by atoms with van der Waals surface area (Å²) in [7, 11) is 0. The summed E-state index contributed by atoms with van der Waals surface area (Å²) in [6, 6.07) is 10.1. The smallest absolute Gasteiger partial charge is 0.306 e. The van der Waals surface area contributed by atoms with Gasteiger partial charge in [0.05, 0.1) is 5.92 Å². The third-order valence-corrected chi connectivity index (χ3v) is 5.15. The number of aliphatic carboxylic acids is 1. The van der Waals surface area contributed by atoms with E-state index in [9.17, 15) is 9.59 Å². The van der Waals surface area contributed by atoms with Gasteiger partial charge in [0, 0.05) is 22.6 Å². The Morgan fingerprint density at radius 2 is 1.95 bits per heavy atom. The van der Waals surface area contributed by atoms with Crippen LogP contribution in [-0.2, 0) is 9.59 Å². The zero-order chi connectivity index (χ0) is 15.9. The van der Waals surface area contributed by atoms with Crippen molar-refractivity contribution in [1.82, 2.24) is 5.32 Å². The minimum absolute atomic E-state index is 0.00598. The molecule has 1 amide bonds. The number of rotatable bonds is 6. The van der Waals surface area contributed by atoms with Crippen LogP contribution in [0.25, 0.3) is 0 Å². The van der Waals surface area contributed by atoms with Crippen LogP contribution >= 0.6 is 11.8 Å². The number of hydrogen-bond acceptors (Lipinski definition) is 3. The molecule has 1 aliphatic rings. The van der Waals surface area contributed by atoms with Crippen LogP contribution in [-0.4, -0.2) is 28.8 Å². The molecule has 0 saturated heterocycles. The Balaban J connectivity index is 1.76. The molecule has 0 aliphatic heterocycles. The number of hydrogen-bond donors (Lipinski definition) is 2. The van der Waals surface area contributed by atoms with E-state index >= 15 is 0 Å². The van der Waals surface area contributed by atoms with E-state index in [1.807, 2.05) is 18.2 Å². The monoisotopic (exact) mass is 321 g/mol. The van der Waals surface area contributed by atoms with Crippen LogP contribution in [0, 0.1) is 11.8 Å². The first-order valence-electron chi connectivity index (χ1n) is 7.78. The lowest BCUT2D eigenvalue weighted by Gasteiger charge is -2.26. The summed E-state index contributed by atoms with van der Waals surface area (Å²) < 4.78 is 0. The molecule has 3 atom stereocenters. The van der Waals surface area contributed by atoms with Crippen LogP contribution in [0.5, 0.6) is 0 Å². The zero-order valence-electron chi connectivity index (χ0n) is 12.8. The van der Waals surface area contributed by atoms with Crippen LogP contribution in [0.3, 0.4) is 0 Å². The van der Waals surface area contributed by atoms with Crippen LogP contribution in [0.15, 0.2) is 35.2 Å². The second-order valence-corrected chi connectivity index (χ2v) is 7.40. The lowest BCUT2D eigenvalue weighted by atomic mass is 9.81. The summed E-state index contributed by atoms with van der Waals surface area (Å²) in [6.45, 7) is 2.69. The van der Waals surface area contributed by atoms with Crippen molar-refractivity contribution in [2.75, 3.05) is 6.54 Å². The number of nitrogens with one attached hydrogen (secondary N) is 1. The SMILES string of the molecule is CC(CNC(=O)C1CCCC(C(=O)O)C1)Sc1ccccc1. The average molecular weight is 321 g/mol. The highest BCUT2D eigenvalue weighted by molar-refractivity contribution is 8.00. The number of carbonyl (C=O) groups is 2. The van der Waals surface area contributed by atoms with Gasteiger partial charge >= 0.3 is 5.97 Å². The van der Waals surface area contributed by atoms with Crippen LogP contribution < -0.4 is 5.32 Å². The van der Waals surface area contributed by atoms with E-state index in [0.29, 0.717) is 19.4 Å². The van der Waals surface area contributed by atoms with E-state index in [1.54, 1.807) is 11.8 Å². The van der Waals surface area contributed by atoms with E-state index in [2.05, 4.69) is 24.4 Å². The Bertz CT molecular complexity index is 506. The van der Waals surface area contributed by atoms with Crippen molar-refractivity contribution < 1.29 is 14.7 Å². The maximum absolute atomic E-state index is 12.2. The molecule has 0 radical (unpaired) electrons. The molecule has 3 unspecified atom stereocenters. The third-order valence-electron chi connectivity index (χ3n) is 4.04. The van der Waals surface area contributed by atoms with Gasteiger partial charge in [-0.2, -0.15) is 0 Å². The summed E-state index contributed by atoms with van der Waals surface area (Å²) in [5, 5.41) is 12.3. The van der Waals surface area contributed by atoms with E-state index in [0.717, 1.165) is 12.8 Å². The third kappa shape index (κ3) is 5.05. The van der Waals surface area contributed by atoms with E-state index in [4.69, 9.17) is 5.11 Å². The van der Waals surface area contributed by atoms with Gasteiger partial charge in [-0.3, -0.25) is 9.59 Å². The molecule has 1 fully saturated rings. The molecule has 4 nitrogen and oxygen atoms in total. The predicted molar refractivity (Wildman–Crippen MR) is 87.9 cm³/mol. The normalized spacial score (nSPS) is 22.8. The number of carboxylic acids is 1. The van der Waals surface area contributed by atoms with E-state index in [1.165, 1.54) is 4.90 Å². The minimum atomic E-state index is -0.773. The van der Waals surface area contributed by atoms with Crippen molar-refractivity contribution in [3.8, 4) is 0 Å². The lowest BCUT2D eigenvalue weighted by Crippen LogP contribution is -2.37. The fraction of sp³-hybridized carbons (Fsp3) is 0.529. The average Bonchev–Trinajstić information content (AvgIpc) is 2.53. The highest BCUT2D eigenvalue weighted by atomic mass is 32.2. The largest absolute Gasteiger partial charge is 0.481 e. The molecule has 2 rings (SSSR count). The standard InChI is InChI=1S/C17H23NO3S/c1-12(22-15-8-3-2-4-9-15)11-18-16(19)13-6-5-7-14(10-13)17(20)21/h2-4,8-9,12-14H,5-7,10-11H2,1H3,(H,18,19)(H,20,21). The molecule has 2 N–H and O–H groups in total. The molecular weight excluding hydrogens is 298 g/mol. The Kier molecular flexibility index (Phi) is 6.31. The van der Waals surface area contributed by atoms with Crippen molar-refractivity contribution in [2.24, 2.45) is 11.8 Å². The molecule has 0 heterocycles. The number of amides is 1. The summed E-state index contributed by atoms with van der Waals surface area (Å²) in [5.74, 6) is -1.28. The molecule has 0 bridgehead atoms. The van der Waals surface area contributed by atoms with Gasteiger partial charge in [0.1, 0.15) is 0 Å². The fourth-order valence-corrected chi connectivity index (χ4v) is 3.76. The van der Waals surface area contributed by atoms with Gasteiger partial charge in [-0.15, -0.1) is 11.8 Å². The summed E-state index contributed by atoms with van der Waals surface area (Å²) >= 11 is 1.73. The van der Waals surface area contributed by atoms with Gasteiger partial charge in [0.2, 0.25) is 5.91 Å². The Labute approximate surface area is 135 Å². The van der Waals surface area contributed by atoms with Gasteiger partial charge in [-0.05, 0) is 31.4 Å². The lowest BCUT2D eigenvalue weighted by molar-refractivity contribution is -0.144. The number of carboxylic acid groups (broad SMARTS) is 1. The second-order valence-electron chi connectivity index (χ2n) is 5.89. The fourth-order valence-electron chi connectivity index (χ4n) is 2.81.